The Kier molecular flexibility index (Phi) is 3.75. The molecule has 28 heavy (non-hydrogen) atoms. The predicted octanol–water partition coefficient (Wildman–Crippen LogP) is 3.26. The Morgan fingerprint density at radius 2 is 1.89 bits per heavy atom. The van der Waals surface area contributed by atoms with Gasteiger partial charge in [-0.25, -0.2) is 8.78 Å². The molecule has 1 unspecified atom stereocenters. The van der Waals surface area contributed by atoms with Crippen molar-refractivity contribution >= 4 is 11.6 Å². The van der Waals surface area contributed by atoms with Crippen LogP contribution in [0.4, 0.5) is 14.5 Å². The van der Waals surface area contributed by atoms with Gasteiger partial charge in [0.05, 0.1) is 5.92 Å². The molecule has 0 bridgehead atoms. The molecule has 0 N–H and O–H groups in total. The highest BCUT2D eigenvalue weighted by Crippen LogP contribution is 2.36. The average molecular weight is 385 g/mol. The molecule has 3 aromatic rings. The predicted molar refractivity (Wildman–Crippen MR) is 91.9 cm³/mol. The summed E-state index contributed by atoms with van der Waals surface area (Å²) >= 11 is 0. The van der Waals surface area contributed by atoms with Crippen LogP contribution in [0.25, 0.3) is 11.4 Å². The summed E-state index contributed by atoms with van der Waals surface area (Å²) in [6.45, 7) is 0.410. The van der Waals surface area contributed by atoms with Crippen LogP contribution >= 0.6 is 0 Å². The van der Waals surface area contributed by atoms with Gasteiger partial charge in [0.1, 0.15) is 0 Å². The van der Waals surface area contributed by atoms with E-state index in [-0.39, 0.29) is 31.6 Å². The van der Waals surface area contributed by atoms with Crippen LogP contribution in [-0.2, 0) is 4.79 Å². The maximum absolute atomic E-state index is 13.5. The fraction of sp³-hybridized carbons (Fsp3) is 0.211. The van der Waals surface area contributed by atoms with Gasteiger partial charge in [-0.15, -0.1) is 0 Å². The SMILES string of the molecule is O=C1CC(c2nc(-c3ccc4c(c3)OCO4)no2)CN1c1ccc(F)c(F)c1. The van der Waals surface area contributed by atoms with Crippen LogP contribution in [-0.4, -0.2) is 29.4 Å². The number of amides is 1. The first kappa shape index (κ1) is 16.7. The van der Waals surface area contributed by atoms with Crippen molar-refractivity contribution in [2.75, 3.05) is 18.2 Å². The average Bonchev–Trinajstić information content (AvgIpc) is 3.42. The summed E-state index contributed by atoms with van der Waals surface area (Å²) in [7, 11) is 0. The Labute approximate surface area is 157 Å². The van der Waals surface area contributed by atoms with Gasteiger partial charge in [-0.2, -0.15) is 4.98 Å². The number of aromatic nitrogens is 2. The molecule has 2 aromatic carbocycles. The quantitative estimate of drug-likeness (QED) is 0.689. The van der Waals surface area contributed by atoms with Crippen molar-refractivity contribution in [3.05, 3.63) is 53.9 Å². The van der Waals surface area contributed by atoms with Crippen LogP contribution in [0.1, 0.15) is 18.2 Å². The van der Waals surface area contributed by atoms with Gasteiger partial charge in [-0.3, -0.25) is 4.79 Å². The summed E-state index contributed by atoms with van der Waals surface area (Å²) in [4.78, 5) is 18.1. The minimum Gasteiger partial charge on any atom is -0.454 e. The number of rotatable bonds is 3. The molecule has 5 rings (SSSR count). The summed E-state index contributed by atoms with van der Waals surface area (Å²) in [6, 6.07) is 8.67. The second-order valence-electron chi connectivity index (χ2n) is 6.53. The van der Waals surface area contributed by atoms with Crippen LogP contribution in [0.5, 0.6) is 11.5 Å². The van der Waals surface area contributed by atoms with Crippen molar-refractivity contribution in [3.8, 4) is 22.9 Å². The zero-order valence-corrected chi connectivity index (χ0v) is 14.4. The van der Waals surface area contributed by atoms with Gasteiger partial charge < -0.3 is 18.9 Å². The Bertz CT molecular complexity index is 1080. The van der Waals surface area contributed by atoms with Gasteiger partial charge in [0.25, 0.3) is 0 Å². The highest BCUT2D eigenvalue weighted by Gasteiger charge is 2.35. The molecular formula is C19H13F2N3O4. The lowest BCUT2D eigenvalue weighted by atomic mass is 10.1. The number of hydrogen-bond donors (Lipinski definition) is 0. The van der Waals surface area contributed by atoms with E-state index in [1.165, 1.54) is 11.0 Å². The first-order chi connectivity index (χ1) is 13.6. The van der Waals surface area contributed by atoms with Gasteiger partial charge in [-0.1, -0.05) is 5.16 Å². The molecule has 1 fully saturated rings. The molecule has 3 heterocycles. The standard InChI is InChI=1S/C19H13F2N3O4/c20-13-3-2-12(7-14(13)21)24-8-11(6-17(24)25)19-22-18(23-28-19)10-1-4-15-16(5-10)27-9-26-15/h1-5,7,11H,6,8-9H2. The normalized spacial score (nSPS) is 18.1. The highest BCUT2D eigenvalue weighted by atomic mass is 19.2. The monoisotopic (exact) mass is 385 g/mol. The minimum absolute atomic E-state index is 0.141. The molecule has 9 heteroatoms. The number of hydrogen-bond acceptors (Lipinski definition) is 6. The largest absolute Gasteiger partial charge is 0.454 e. The molecule has 0 aliphatic carbocycles. The van der Waals surface area contributed by atoms with Crippen LogP contribution in [0, 0.1) is 11.6 Å². The van der Waals surface area contributed by atoms with Gasteiger partial charge in [0, 0.05) is 30.3 Å². The van der Waals surface area contributed by atoms with E-state index in [9.17, 15) is 13.6 Å². The number of carbonyl (C=O) groups is 1. The lowest BCUT2D eigenvalue weighted by Crippen LogP contribution is -2.24. The second-order valence-corrected chi connectivity index (χ2v) is 6.53. The minimum atomic E-state index is -1.00. The van der Waals surface area contributed by atoms with Crippen LogP contribution in [0.2, 0.25) is 0 Å². The van der Waals surface area contributed by atoms with E-state index in [0.29, 0.717) is 34.5 Å². The number of halogens is 2. The maximum atomic E-state index is 13.5. The van der Waals surface area contributed by atoms with E-state index >= 15 is 0 Å². The summed E-state index contributed by atoms with van der Waals surface area (Å²) in [5.41, 5.74) is 0.989. The Hall–Kier alpha value is -3.49. The number of anilines is 1. The van der Waals surface area contributed by atoms with E-state index in [1.54, 1.807) is 18.2 Å². The zero-order valence-electron chi connectivity index (χ0n) is 14.4. The summed E-state index contributed by atoms with van der Waals surface area (Å²) < 4.78 is 42.6. The number of ether oxygens (including phenoxy) is 2. The molecule has 142 valence electrons. The van der Waals surface area contributed by atoms with Crippen LogP contribution in [0.3, 0.4) is 0 Å². The summed E-state index contributed by atoms with van der Waals surface area (Å²) in [5, 5.41) is 3.98. The Morgan fingerprint density at radius 3 is 2.75 bits per heavy atom. The molecule has 1 atom stereocenters. The number of fused-ring (bicyclic) bond motifs is 1. The van der Waals surface area contributed by atoms with E-state index in [2.05, 4.69) is 10.1 Å². The van der Waals surface area contributed by atoms with Gasteiger partial charge in [0.15, 0.2) is 23.1 Å². The third-order valence-corrected chi connectivity index (χ3v) is 4.76. The van der Waals surface area contributed by atoms with Crippen LogP contribution < -0.4 is 14.4 Å². The molecule has 2 aliphatic rings. The lowest BCUT2D eigenvalue weighted by Gasteiger charge is -2.16. The smallest absolute Gasteiger partial charge is 0.232 e. The van der Waals surface area contributed by atoms with Crippen molar-refractivity contribution in [2.45, 2.75) is 12.3 Å². The molecule has 2 aliphatic heterocycles. The topological polar surface area (TPSA) is 77.7 Å². The Balaban J connectivity index is 1.37. The molecule has 0 saturated carbocycles. The number of benzene rings is 2. The first-order valence-electron chi connectivity index (χ1n) is 8.57. The molecular weight excluding hydrogens is 372 g/mol. The molecule has 0 spiro atoms. The van der Waals surface area contributed by atoms with Crippen molar-refractivity contribution in [1.82, 2.24) is 10.1 Å². The van der Waals surface area contributed by atoms with E-state index in [1.807, 2.05) is 0 Å². The van der Waals surface area contributed by atoms with Crippen molar-refractivity contribution in [1.29, 1.82) is 0 Å². The van der Waals surface area contributed by atoms with Crippen molar-refractivity contribution in [3.63, 3.8) is 0 Å². The summed E-state index contributed by atoms with van der Waals surface area (Å²) in [6.07, 6.45) is 0.141. The second kappa shape index (κ2) is 6.29. The van der Waals surface area contributed by atoms with E-state index in [0.717, 1.165) is 12.1 Å². The molecule has 1 saturated heterocycles. The first-order valence-corrected chi connectivity index (χ1v) is 8.57. The zero-order chi connectivity index (χ0) is 19.3. The maximum Gasteiger partial charge on any atom is 0.232 e. The molecule has 7 nitrogen and oxygen atoms in total. The third kappa shape index (κ3) is 2.75. The molecule has 1 aromatic heterocycles. The fourth-order valence-corrected chi connectivity index (χ4v) is 3.33. The van der Waals surface area contributed by atoms with Crippen LogP contribution in [0.15, 0.2) is 40.9 Å². The van der Waals surface area contributed by atoms with Gasteiger partial charge >= 0.3 is 0 Å². The fourth-order valence-electron chi connectivity index (χ4n) is 3.33. The summed E-state index contributed by atoms with van der Waals surface area (Å²) in [5.74, 6) is -0.595. The van der Waals surface area contributed by atoms with Crippen molar-refractivity contribution < 1.29 is 27.6 Å². The number of nitrogens with zero attached hydrogens (tertiary/aromatic N) is 3. The third-order valence-electron chi connectivity index (χ3n) is 4.76. The van der Waals surface area contributed by atoms with Gasteiger partial charge in [0.2, 0.25) is 24.4 Å². The highest BCUT2D eigenvalue weighted by molar-refractivity contribution is 5.96. The molecule has 0 radical (unpaired) electrons. The Morgan fingerprint density at radius 1 is 1.04 bits per heavy atom. The van der Waals surface area contributed by atoms with Crippen molar-refractivity contribution in [2.24, 2.45) is 0 Å². The lowest BCUT2D eigenvalue weighted by molar-refractivity contribution is -0.117. The van der Waals surface area contributed by atoms with E-state index < -0.39 is 11.6 Å². The van der Waals surface area contributed by atoms with E-state index in [4.69, 9.17) is 14.0 Å². The van der Waals surface area contributed by atoms with Gasteiger partial charge in [-0.05, 0) is 30.3 Å². The molecule has 1 amide bonds. The number of carbonyl (C=O) groups excluding carboxylic acids is 1.